The fourth-order valence-electron chi connectivity index (χ4n) is 6.58. The van der Waals surface area contributed by atoms with Crippen molar-refractivity contribution in [2.24, 2.45) is 0 Å². The molecule has 0 saturated heterocycles. The average Bonchev–Trinajstić information content (AvgIpc) is 2.93. The van der Waals surface area contributed by atoms with Crippen LogP contribution >= 0.6 is 23.2 Å². The van der Waals surface area contributed by atoms with E-state index >= 15 is 0 Å². The molecule has 0 bridgehead atoms. The van der Waals surface area contributed by atoms with Crippen molar-refractivity contribution in [3.05, 3.63) is 162 Å². The van der Waals surface area contributed by atoms with Crippen molar-refractivity contribution in [2.45, 2.75) is 23.7 Å². The summed E-state index contributed by atoms with van der Waals surface area (Å²) in [6.45, 7) is 0. The maximum atomic E-state index is 12.9. The monoisotopic (exact) mass is 564 g/mol. The predicted octanol–water partition coefficient (Wildman–Crippen LogP) is 8.65. The first-order valence-corrected chi connectivity index (χ1v) is 13.8. The second kappa shape index (κ2) is 9.81. The van der Waals surface area contributed by atoms with Crippen molar-refractivity contribution in [1.29, 1.82) is 0 Å². The first kappa shape index (κ1) is 24.9. The van der Waals surface area contributed by atoms with Crippen LogP contribution < -0.4 is 11.3 Å². The van der Waals surface area contributed by atoms with E-state index < -0.39 is 11.3 Å². The molecule has 1 saturated carbocycles. The number of hydrogen-bond donors (Lipinski definition) is 0. The standard InChI is InChI=1S/C34H22Cl2O4/c35-21-11-13-23-25(17-29(37)39-27(23)15-21)33-31(19-7-3-1-4-8-19)34(32(33)20-9-5-2-6-10-20)26-18-30(38)40-28-16-22(36)12-14-24(26)28/h1-18,31-34H. The lowest BCUT2D eigenvalue weighted by atomic mass is 9.49. The summed E-state index contributed by atoms with van der Waals surface area (Å²) >= 11 is 12.5. The number of halogens is 2. The first-order chi connectivity index (χ1) is 19.5. The Morgan fingerprint density at radius 1 is 0.475 bits per heavy atom. The maximum Gasteiger partial charge on any atom is 0.336 e. The van der Waals surface area contributed by atoms with Gasteiger partial charge in [-0.3, -0.25) is 0 Å². The van der Waals surface area contributed by atoms with Gasteiger partial charge < -0.3 is 8.83 Å². The summed E-state index contributed by atoms with van der Waals surface area (Å²) in [5.41, 5.74) is 4.11. The average molecular weight is 565 g/mol. The Morgan fingerprint density at radius 2 is 0.875 bits per heavy atom. The zero-order chi connectivity index (χ0) is 27.4. The van der Waals surface area contributed by atoms with Crippen molar-refractivity contribution in [3.63, 3.8) is 0 Å². The van der Waals surface area contributed by atoms with Crippen molar-refractivity contribution < 1.29 is 8.83 Å². The van der Waals surface area contributed by atoms with Gasteiger partial charge in [-0.05, 0) is 70.2 Å². The predicted molar refractivity (Wildman–Crippen MR) is 159 cm³/mol. The highest BCUT2D eigenvalue weighted by atomic mass is 35.5. The molecule has 6 aromatic rings. The highest BCUT2D eigenvalue weighted by Gasteiger charge is 2.53. The van der Waals surface area contributed by atoms with Crippen LogP contribution in [-0.4, -0.2) is 0 Å². The smallest absolute Gasteiger partial charge is 0.336 e. The van der Waals surface area contributed by atoms with Gasteiger partial charge in [-0.15, -0.1) is 0 Å². The van der Waals surface area contributed by atoms with Crippen LogP contribution in [0.1, 0.15) is 45.9 Å². The van der Waals surface area contributed by atoms with E-state index in [1.807, 2.05) is 60.7 Å². The Hall–Kier alpha value is -4.12. The van der Waals surface area contributed by atoms with Gasteiger partial charge in [-0.1, -0.05) is 83.9 Å². The molecule has 4 aromatic carbocycles. The van der Waals surface area contributed by atoms with E-state index in [0.717, 1.165) is 33.0 Å². The summed E-state index contributed by atoms with van der Waals surface area (Å²) in [5.74, 6) is -0.269. The summed E-state index contributed by atoms with van der Waals surface area (Å²) in [5, 5.41) is 2.69. The zero-order valence-corrected chi connectivity index (χ0v) is 22.6. The third-order valence-corrected chi connectivity index (χ3v) is 8.58. The molecular weight excluding hydrogens is 543 g/mol. The van der Waals surface area contributed by atoms with Gasteiger partial charge in [-0.2, -0.15) is 0 Å². The second-order valence-electron chi connectivity index (χ2n) is 10.2. The molecule has 1 aliphatic carbocycles. The van der Waals surface area contributed by atoms with E-state index in [1.165, 1.54) is 0 Å². The highest BCUT2D eigenvalue weighted by Crippen LogP contribution is 2.67. The molecule has 0 radical (unpaired) electrons. The lowest BCUT2D eigenvalue weighted by Gasteiger charge is -2.54. The van der Waals surface area contributed by atoms with Crippen LogP contribution in [0.15, 0.2) is 128 Å². The Kier molecular flexibility index (Phi) is 6.10. The van der Waals surface area contributed by atoms with Crippen LogP contribution in [0, 0.1) is 0 Å². The number of rotatable bonds is 4. The number of fused-ring (bicyclic) bond motifs is 2. The van der Waals surface area contributed by atoms with E-state index in [0.29, 0.717) is 21.2 Å². The summed E-state index contributed by atoms with van der Waals surface area (Å²) < 4.78 is 11.1. The van der Waals surface area contributed by atoms with Gasteiger partial charge in [-0.25, -0.2) is 9.59 Å². The van der Waals surface area contributed by atoms with Crippen LogP contribution in [0.3, 0.4) is 0 Å². The van der Waals surface area contributed by atoms with Gasteiger partial charge in [0.15, 0.2) is 0 Å². The molecule has 7 rings (SSSR count). The lowest BCUT2D eigenvalue weighted by molar-refractivity contribution is 0.230. The van der Waals surface area contributed by atoms with Crippen molar-refractivity contribution in [1.82, 2.24) is 0 Å². The van der Waals surface area contributed by atoms with Crippen LogP contribution in [-0.2, 0) is 0 Å². The minimum Gasteiger partial charge on any atom is -0.423 e. The normalized spacial score (nSPS) is 20.4. The third-order valence-electron chi connectivity index (χ3n) is 8.11. The Balaban J connectivity index is 1.54. The molecule has 1 aliphatic rings. The molecule has 6 heteroatoms. The lowest BCUT2D eigenvalue weighted by Crippen LogP contribution is -2.41. The molecule has 40 heavy (non-hydrogen) atoms. The molecule has 1 fully saturated rings. The van der Waals surface area contributed by atoms with Gasteiger partial charge in [0.1, 0.15) is 11.2 Å². The van der Waals surface area contributed by atoms with Crippen molar-refractivity contribution >= 4 is 45.1 Å². The molecule has 0 spiro atoms. The van der Waals surface area contributed by atoms with E-state index in [-0.39, 0.29) is 23.7 Å². The molecular formula is C34H22Cl2O4. The largest absolute Gasteiger partial charge is 0.423 e. The Morgan fingerprint density at radius 3 is 1.27 bits per heavy atom. The maximum absolute atomic E-state index is 12.9. The molecule has 2 aromatic heterocycles. The molecule has 2 heterocycles. The van der Waals surface area contributed by atoms with Crippen LogP contribution in [0.25, 0.3) is 21.9 Å². The van der Waals surface area contributed by atoms with Gasteiger partial charge in [0.25, 0.3) is 0 Å². The molecule has 0 N–H and O–H groups in total. The van der Waals surface area contributed by atoms with Gasteiger partial charge in [0.05, 0.1) is 0 Å². The SMILES string of the molecule is O=c1cc(C2C(c3ccccc3)C(c3cc(=O)oc4cc(Cl)ccc34)C2c2ccccc2)c2ccc(Cl)cc2o1. The van der Waals surface area contributed by atoms with E-state index in [9.17, 15) is 9.59 Å². The summed E-state index contributed by atoms with van der Waals surface area (Å²) in [7, 11) is 0. The Labute approximate surface area is 239 Å². The Bertz CT molecular complexity index is 1840. The quantitative estimate of drug-likeness (QED) is 0.201. The van der Waals surface area contributed by atoms with Crippen LogP contribution in [0.4, 0.5) is 0 Å². The third kappa shape index (κ3) is 4.16. The topological polar surface area (TPSA) is 60.4 Å². The number of benzene rings is 4. The molecule has 0 amide bonds. The minimum atomic E-state index is -0.424. The first-order valence-electron chi connectivity index (χ1n) is 13.0. The fourth-order valence-corrected chi connectivity index (χ4v) is 6.90. The minimum absolute atomic E-state index is 0.0484. The van der Waals surface area contributed by atoms with E-state index in [2.05, 4.69) is 24.3 Å². The summed E-state index contributed by atoms with van der Waals surface area (Å²) in [6.07, 6.45) is 0. The van der Waals surface area contributed by atoms with Crippen LogP contribution in [0.2, 0.25) is 10.0 Å². The van der Waals surface area contributed by atoms with Gasteiger partial charge in [0.2, 0.25) is 0 Å². The second-order valence-corrected chi connectivity index (χ2v) is 11.1. The molecule has 0 aliphatic heterocycles. The zero-order valence-electron chi connectivity index (χ0n) is 21.1. The van der Waals surface area contributed by atoms with Gasteiger partial charge in [0, 0.05) is 45.1 Å². The summed E-state index contributed by atoms with van der Waals surface area (Å²) in [4.78, 5) is 25.7. The molecule has 196 valence electrons. The van der Waals surface area contributed by atoms with Crippen molar-refractivity contribution in [3.8, 4) is 0 Å². The fraction of sp³-hybridized carbons (Fsp3) is 0.118. The summed E-state index contributed by atoms with van der Waals surface area (Å²) in [6, 6.07) is 34.6. The molecule has 0 unspecified atom stereocenters. The molecule has 4 nitrogen and oxygen atoms in total. The number of hydrogen-bond acceptors (Lipinski definition) is 4. The van der Waals surface area contributed by atoms with E-state index in [1.54, 1.807) is 24.3 Å². The van der Waals surface area contributed by atoms with Gasteiger partial charge >= 0.3 is 11.3 Å². The van der Waals surface area contributed by atoms with Crippen molar-refractivity contribution in [2.75, 3.05) is 0 Å². The highest BCUT2D eigenvalue weighted by molar-refractivity contribution is 6.31. The molecule has 0 atom stereocenters. The van der Waals surface area contributed by atoms with E-state index in [4.69, 9.17) is 32.0 Å². The van der Waals surface area contributed by atoms with Crippen LogP contribution in [0.5, 0.6) is 0 Å².